The second kappa shape index (κ2) is 11.6. The number of carbonyl (C=O) groups excluding carboxylic acids is 3. The normalized spacial score (nSPS) is 18.3. The molecule has 0 radical (unpaired) electrons. The molecule has 0 aliphatic carbocycles. The Morgan fingerprint density at radius 3 is 2.31 bits per heavy atom. The highest BCUT2D eigenvalue weighted by atomic mass is 19.4. The van der Waals surface area contributed by atoms with Gasteiger partial charge in [0.2, 0.25) is 5.91 Å². The topological polar surface area (TPSA) is 79.0 Å². The molecule has 7 nitrogen and oxygen atoms in total. The Balaban J connectivity index is 1.36. The van der Waals surface area contributed by atoms with Gasteiger partial charge in [-0.15, -0.1) is 0 Å². The molecule has 42 heavy (non-hydrogen) atoms. The van der Waals surface area contributed by atoms with Gasteiger partial charge in [-0.2, -0.15) is 13.2 Å². The van der Waals surface area contributed by atoms with Crippen molar-refractivity contribution in [2.45, 2.75) is 44.3 Å². The summed E-state index contributed by atoms with van der Waals surface area (Å²) < 4.78 is 59.0. The number of carbonyl (C=O) groups is 3. The van der Waals surface area contributed by atoms with E-state index in [1.54, 1.807) is 36.1 Å². The van der Waals surface area contributed by atoms with E-state index in [0.717, 1.165) is 12.1 Å². The second-order valence-corrected chi connectivity index (χ2v) is 10.5. The number of nitrogens with one attached hydrogen (secondary N) is 1. The maximum Gasteiger partial charge on any atom is 0.416 e. The van der Waals surface area contributed by atoms with E-state index in [9.17, 15) is 31.9 Å². The summed E-state index contributed by atoms with van der Waals surface area (Å²) in [4.78, 5) is 43.5. The molecule has 0 bridgehead atoms. The van der Waals surface area contributed by atoms with Crippen LogP contribution in [0.4, 0.5) is 17.6 Å². The van der Waals surface area contributed by atoms with Crippen molar-refractivity contribution in [3.8, 4) is 0 Å². The van der Waals surface area contributed by atoms with Gasteiger partial charge in [0.1, 0.15) is 17.6 Å². The summed E-state index contributed by atoms with van der Waals surface area (Å²) in [6, 6.07) is 15.8. The molecule has 0 saturated carbocycles. The van der Waals surface area contributed by atoms with Gasteiger partial charge in [0.15, 0.2) is 0 Å². The zero-order valence-electron chi connectivity index (χ0n) is 22.8. The highest BCUT2D eigenvalue weighted by Gasteiger charge is 2.54. The Labute approximate surface area is 240 Å². The van der Waals surface area contributed by atoms with Crippen molar-refractivity contribution in [3.63, 3.8) is 0 Å². The third-order valence-electron chi connectivity index (χ3n) is 7.80. The van der Waals surface area contributed by atoms with Crippen molar-refractivity contribution < 1.29 is 36.7 Å². The van der Waals surface area contributed by atoms with E-state index in [2.05, 4.69) is 5.32 Å². The van der Waals surface area contributed by atoms with Gasteiger partial charge in [0.05, 0.1) is 12.2 Å². The first-order chi connectivity index (χ1) is 20.0. The average Bonchev–Trinajstić information content (AvgIpc) is 3.34. The maximum atomic E-state index is 14.0. The van der Waals surface area contributed by atoms with E-state index < -0.39 is 41.1 Å². The van der Waals surface area contributed by atoms with Crippen molar-refractivity contribution >= 4 is 17.7 Å². The molecular formula is C31H29F4N3O4. The van der Waals surface area contributed by atoms with Crippen LogP contribution in [0.1, 0.15) is 50.2 Å². The lowest BCUT2D eigenvalue weighted by atomic mass is 9.95. The first-order valence-corrected chi connectivity index (χ1v) is 13.5. The van der Waals surface area contributed by atoms with Gasteiger partial charge < -0.3 is 15.0 Å². The maximum absolute atomic E-state index is 14.0. The lowest BCUT2D eigenvalue weighted by molar-refractivity contribution is -0.137. The average molecular weight is 584 g/mol. The molecule has 3 aromatic carbocycles. The minimum absolute atomic E-state index is 0.113. The number of nitrogens with zero attached hydrogens (tertiary/aromatic N) is 2. The standard InChI is InChI=1S/C31H29F4N3O4/c1-20-5-2-3-8-25(20)29(41)38-26(27(39)36-18-21-6-4-7-23(17-21)31(33,34)35)19-42-30(38)13-15-37(16-14-30)28(40)22-9-11-24(32)12-10-22/h2-12,17,26H,13-16,18-19H2,1H3,(H,36,39)/t26-/m0/s1. The van der Waals surface area contributed by atoms with Crippen LogP contribution in [0.2, 0.25) is 0 Å². The number of rotatable bonds is 5. The lowest BCUT2D eigenvalue weighted by Gasteiger charge is -2.44. The molecule has 2 fully saturated rings. The number of ether oxygens (including phenoxy) is 1. The van der Waals surface area contributed by atoms with Crippen LogP contribution in [0.15, 0.2) is 72.8 Å². The zero-order valence-corrected chi connectivity index (χ0v) is 22.8. The molecule has 2 aliphatic rings. The van der Waals surface area contributed by atoms with E-state index in [1.807, 2.05) is 0 Å². The van der Waals surface area contributed by atoms with E-state index in [4.69, 9.17) is 4.74 Å². The Morgan fingerprint density at radius 2 is 1.64 bits per heavy atom. The largest absolute Gasteiger partial charge is 0.416 e. The minimum Gasteiger partial charge on any atom is -0.353 e. The Bertz CT molecular complexity index is 1480. The molecule has 11 heteroatoms. The minimum atomic E-state index is -4.52. The van der Waals surface area contributed by atoms with Gasteiger partial charge in [-0.3, -0.25) is 19.3 Å². The Kier molecular flexibility index (Phi) is 8.05. The predicted molar refractivity (Wildman–Crippen MR) is 145 cm³/mol. The van der Waals surface area contributed by atoms with Gasteiger partial charge in [-0.25, -0.2) is 4.39 Å². The summed E-state index contributed by atoms with van der Waals surface area (Å²) in [6.45, 7) is 1.96. The summed E-state index contributed by atoms with van der Waals surface area (Å²) in [5.41, 5.74) is -0.303. The quantitative estimate of drug-likeness (QED) is 0.432. The molecule has 220 valence electrons. The number of likely N-dealkylation sites (tertiary alicyclic amines) is 1. The van der Waals surface area contributed by atoms with E-state index in [1.165, 1.54) is 41.3 Å². The van der Waals surface area contributed by atoms with Crippen molar-refractivity contribution in [1.29, 1.82) is 0 Å². The molecule has 1 atom stereocenters. The SMILES string of the molecule is Cc1ccccc1C(=O)N1[C@H](C(=O)NCc2cccc(C(F)(F)F)c2)COC12CCN(C(=O)c1ccc(F)cc1)CC2. The van der Waals surface area contributed by atoms with Crippen LogP contribution >= 0.6 is 0 Å². The number of piperidine rings is 1. The number of hydrogen-bond acceptors (Lipinski definition) is 4. The zero-order chi connectivity index (χ0) is 30.1. The summed E-state index contributed by atoms with van der Waals surface area (Å²) in [5, 5.41) is 2.67. The lowest BCUT2D eigenvalue weighted by Crippen LogP contribution is -2.59. The number of aryl methyl sites for hydroxylation is 1. The van der Waals surface area contributed by atoms with E-state index in [-0.39, 0.29) is 50.6 Å². The van der Waals surface area contributed by atoms with Crippen LogP contribution in [0, 0.1) is 12.7 Å². The first kappa shape index (κ1) is 29.2. The third kappa shape index (κ3) is 5.87. The summed E-state index contributed by atoms with van der Waals surface area (Å²) in [5.74, 6) is -1.71. The monoisotopic (exact) mass is 583 g/mol. The van der Waals surface area contributed by atoms with Gasteiger partial charge in [-0.1, -0.05) is 30.3 Å². The van der Waals surface area contributed by atoms with Gasteiger partial charge >= 0.3 is 6.18 Å². The molecule has 2 heterocycles. The van der Waals surface area contributed by atoms with Crippen LogP contribution in [0.25, 0.3) is 0 Å². The Morgan fingerprint density at radius 1 is 0.952 bits per heavy atom. The van der Waals surface area contributed by atoms with Gasteiger partial charge in [-0.05, 0) is 60.5 Å². The predicted octanol–water partition coefficient (Wildman–Crippen LogP) is 4.94. The van der Waals surface area contributed by atoms with Crippen molar-refractivity contribution in [1.82, 2.24) is 15.1 Å². The molecule has 0 unspecified atom stereocenters. The molecule has 3 amide bonds. The summed E-state index contributed by atoms with van der Waals surface area (Å²) in [7, 11) is 0. The first-order valence-electron chi connectivity index (χ1n) is 13.5. The molecule has 1 spiro atoms. The number of alkyl halides is 3. The molecule has 5 rings (SSSR count). The van der Waals surface area contributed by atoms with Crippen LogP contribution in [-0.2, 0) is 22.3 Å². The van der Waals surface area contributed by atoms with Crippen LogP contribution in [0.5, 0.6) is 0 Å². The Hall–Kier alpha value is -4.25. The molecule has 1 N–H and O–H groups in total. The molecule has 2 aliphatic heterocycles. The fourth-order valence-corrected chi connectivity index (χ4v) is 5.51. The highest BCUT2D eigenvalue weighted by Crippen LogP contribution is 2.39. The van der Waals surface area contributed by atoms with Gasteiger partial charge in [0.25, 0.3) is 11.8 Å². The fourth-order valence-electron chi connectivity index (χ4n) is 5.51. The van der Waals surface area contributed by atoms with E-state index in [0.29, 0.717) is 16.7 Å². The van der Waals surface area contributed by atoms with Crippen LogP contribution in [-0.4, -0.2) is 59.0 Å². The molecule has 3 aromatic rings. The van der Waals surface area contributed by atoms with Crippen molar-refractivity contribution in [2.24, 2.45) is 0 Å². The van der Waals surface area contributed by atoms with E-state index >= 15 is 0 Å². The number of hydrogen-bond donors (Lipinski definition) is 1. The number of halogens is 4. The third-order valence-corrected chi connectivity index (χ3v) is 7.80. The molecule has 2 saturated heterocycles. The summed E-state index contributed by atoms with van der Waals surface area (Å²) >= 11 is 0. The van der Waals surface area contributed by atoms with Crippen LogP contribution < -0.4 is 5.32 Å². The van der Waals surface area contributed by atoms with Crippen LogP contribution in [0.3, 0.4) is 0 Å². The smallest absolute Gasteiger partial charge is 0.353 e. The van der Waals surface area contributed by atoms with Crippen molar-refractivity contribution in [3.05, 3.63) is 106 Å². The highest BCUT2D eigenvalue weighted by molar-refractivity contribution is 5.99. The summed E-state index contributed by atoms with van der Waals surface area (Å²) in [6.07, 6.45) is -4.06. The molecular weight excluding hydrogens is 554 g/mol. The number of amides is 3. The van der Waals surface area contributed by atoms with Gasteiger partial charge in [0, 0.05) is 43.6 Å². The fraction of sp³-hybridized carbons (Fsp3) is 0.323. The second-order valence-electron chi connectivity index (χ2n) is 10.5. The molecule has 0 aromatic heterocycles. The van der Waals surface area contributed by atoms with Crippen molar-refractivity contribution in [2.75, 3.05) is 19.7 Å². The number of benzene rings is 3.